The molecule has 0 spiro atoms. The third-order valence-corrected chi connectivity index (χ3v) is 6.91. The summed E-state index contributed by atoms with van der Waals surface area (Å²) in [4.78, 5) is 0. The van der Waals surface area contributed by atoms with E-state index < -0.39 is 0 Å². The Hall–Kier alpha value is -2.59. The highest BCUT2D eigenvalue weighted by atomic mass is 19.1. The average molecular weight is 413 g/mol. The van der Waals surface area contributed by atoms with E-state index in [0.29, 0.717) is 10.9 Å². The number of rotatable bonds is 5. The van der Waals surface area contributed by atoms with Crippen LogP contribution in [0.2, 0.25) is 0 Å². The Morgan fingerprint density at radius 2 is 1.55 bits per heavy atom. The first-order valence-corrected chi connectivity index (χ1v) is 11.9. The topological polar surface area (TPSA) is 0 Å². The summed E-state index contributed by atoms with van der Waals surface area (Å²) < 4.78 is 14.8. The van der Waals surface area contributed by atoms with Crippen LogP contribution in [0.3, 0.4) is 0 Å². The number of aryl methyl sites for hydroxylation is 2. The number of hydrogen-bond acceptors (Lipinski definition) is 0. The molecule has 1 saturated carbocycles. The SMILES string of the molecule is CCCC1CCC(CCc2ccc(C#Cc3ccc4cc(C)ccc4c3F)cc2)CC1. The number of fused-ring (bicyclic) bond motifs is 1. The molecule has 0 aromatic heterocycles. The summed E-state index contributed by atoms with van der Waals surface area (Å²) >= 11 is 0. The summed E-state index contributed by atoms with van der Waals surface area (Å²) in [7, 11) is 0. The fourth-order valence-corrected chi connectivity index (χ4v) is 4.99. The van der Waals surface area contributed by atoms with Crippen LogP contribution in [-0.2, 0) is 6.42 Å². The van der Waals surface area contributed by atoms with Crippen LogP contribution in [0.15, 0.2) is 54.6 Å². The van der Waals surface area contributed by atoms with Crippen molar-refractivity contribution in [3.05, 3.63) is 82.7 Å². The Kier molecular flexibility index (Phi) is 7.08. The van der Waals surface area contributed by atoms with E-state index >= 15 is 0 Å². The molecule has 0 saturated heterocycles. The van der Waals surface area contributed by atoms with E-state index in [4.69, 9.17) is 0 Å². The van der Waals surface area contributed by atoms with Crippen molar-refractivity contribution in [2.45, 2.75) is 65.2 Å². The van der Waals surface area contributed by atoms with Crippen LogP contribution >= 0.6 is 0 Å². The van der Waals surface area contributed by atoms with Gasteiger partial charge < -0.3 is 0 Å². The fourth-order valence-electron chi connectivity index (χ4n) is 4.99. The van der Waals surface area contributed by atoms with E-state index in [0.717, 1.165) is 34.8 Å². The minimum atomic E-state index is -0.227. The first-order chi connectivity index (χ1) is 15.1. The van der Waals surface area contributed by atoms with Crippen molar-refractivity contribution in [3.63, 3.8) is 0 Å². The van der Waals surface area contributed by atoms with Crippen LogP contribution in [0.25, 0.3) is 10.8 Å². The molecule has 0 bridgehead atoms. The molecule has 1 heteroatoms. The van der Waals surface area contributed by atoms with Gasteiger partial charge in [0.2, 0.25) is 0 Å². The normalized spacial score (nSPS) is 18.5. The Balaban J connectivity index is 1.35. The molecule has 0 nitrogen and oxygen atoms in total. The van der Waals surface area contributed by atoms with Gasteiger partial charge in [-0.25, -0.2) is 4.39 Å². The van der Waals surface area contributed by atoms with Crippen LogP contribution < -0.4 is 0 Å². The summed E-state index contributed by atoms with van der Waals surface area (Å²) in [6, 6.07) is 18.0. The van der Waals surface area contributed by atoms with E-state index in [1.54, 1.807) is 6.07 Å². The maximum absolute atomic E-state index is 14.8. The van der Waals surface area contributed by atoms with E-state index in [1.165, 1.54) is 50.5 Å². The Morgan fingerprint density at radius 1 is 0.839 bits per heavy atom. The Bertz CT molecular complexity index is 1070. The van der Waals surface area contributed by atoms with Crippen molar-refractivity contribution >= 4 is 10.8 Å². The molecule has 31 heavy (non-hydrogen) atoms. The number of hydrogen-bond donors (Lipinski definition) is 0. The van der Waals surface area contributed by atoms with Crippen molar-refractivity contribution in [1.29, 1.82) is 0 Å². The minimum Gasteiger partial charge on any atom is -0.205 e. The second-order valence-corrected chi connectivity index (χ2v) is 9.31. The molecule has 3 aromatic carbocycles. The zero-order valence-corrected chi connectivity index (χ0v) is 18.9. The van der Waals surface area contributed by atoms with E-state index in [1.807, 2.05) is 31.2 Å². The summed E-state index contributed by atoms with van der Waals surface area (Å²) in [5.74, 6) is 7.82. The van der Waals surface area contributed by atoms with Crippen molar-refractivity contribution in [3.8, 4) is 11.8 Å². The van der Waals surface area contributed by atoms with Gasteiger partial charge in [0.1, 0.15) is 5.82 Å². The predicted molar refractivity (Wildman–Crippen MR) is 130 cm³/mol. The number of halogens is 1. The Morgan fingerprint density at radius 3 is 2.26 bits per heavy atom. The number of benzene rings is 3. The highest BCUT2D eigenvalue weighted by Gasteiger charge is 2.20. The van der Waals surface area contributed by atoms with Crippen molar-refractivity contribution in [2.24, 2.45) is 11.8 Å². The first-order valence-electron chi connectivity index (χ1n) is 11.9. The Labute approximate surface area is 186 Å². The van der Waals surface area contributed by atoms with Gasteiger partial charge in [0.15, 0.2) is 0 Å². The molecule has 4 rings (SSSR count). The van der Waals surface area contributed by atoms with Crippen molar-refractivity contribution < 1.29 is 4.39 Å². The van der Waals surface area contributed by atoms with Crippen LogP contribution in [0, 0.1) is 36.4 Å². The van der Waals surface area contributed by atoms with Crippen molar-refractivity contribution in [1.82, 2.24) is 0 Å². The molecule has 160 valence electrons. The fraction of sp³-hybridized carbons (Fsp3) is 0.400. The van der Waals surface area contributed by atoms with E-state index in [9.17, 15) is 4.39 Å². The quantitative estimate of drug-likeness (QED) is 0.370. The van der Waals surface area contributed by atoms with Gasteiger partial charge in [0, 0.05) is 10.9 Å². The lowest BCUT2D eigenvalue weighted by Gasteiger charge is -2.28. The van der Waals surface area contributed by atoms with Gasteiger partial charge in [-0.05, 0) is 60.7 Å². The smallest absolute Gasteiger partial charge is 0.146 e. The summed E-state index contributed by atoms with van der Waals surface area (Å²) in [5, 5.41) is 1.56. The van der Waals surface area contributed by atoms with Gasteiger partial charge in [0.25, 0.3) is 0 Å². The minimum absolute atomic E-state index is 0.227. The molecule has 0 unspecified atom stereocenters. The summed E-state index contributed by atoms with van der Waals surface area (Å²) in [5.41, 5.74) is 3.91. The van der Waals surface area contributed by atoms with Crippen molar-refractivity contribution in [2.75, 3.05) is 0 Å². The van der Waals surface area contributed by atoms with Crippen LogP contribution in [0.5, 0.6) is 0 Å². The van der Waals surface area contributed by atoms with Gasteiger partial charge in [0.05, 0.1) is 5.56 Å². The molecule has 0 radical (unpaired) electrons. The van der Waals surface area contributed by atoms with Gasteiger partial charge in [-0.3, -0.25) is 0 Å². The largest absolute Gasteiger partial charge is 0.205 e. The highest BCUT2D eigenvalue weighted by Crippen LogP contribution is 2.33. The summed E-state index contributed by atoms with van der Waals surface area (Å²) in [6.45, 7) is 4.33. The third kappa shape index (κ3) is 5.56. The first kappa shape index (κ1) is 21.6. The molecule has 3 aromatic rings. The third-order valence-electron chi connectivity index (χ3n) is 6.91. The second kappa shape index (κ2) is 10.1. The zero-order chi connectivity index (χ0) is 21.6. The maximum atomic E-state index is 14.8. The standard InChI is InChI=1S/C30H33F/c1-3-4-23-6-8-24(9-7-23)10-11-25-12-14-26(15-13-25)16-17-27-18-19-28-21-22(2)5-20-29(28)30(27)31/h5,12-15,18-21,23-24H,3-4,6-11H2,1-2H3. The maximum Gasteiger partial charge on any atom is 0.146 e. The molecular formula is C30H33F. The molecule has 0 amide bonds. The van der Waals surface area contributed by atoms with Crippen LogP contribution in [0.1, 0.15) is 74.1 Å². The molecule has 1 fully saturated rings. The molecular weight excluding hydrogens is 379 g/mol. The van der Waals surface area contributed by atoms with Gasteiger partial charge >= 0.3 is 0 Å². The van der Waals surface area contributed by atoms with E-state index in [2.05, 4.69) is 43.0 Å². The van der Waals surface area contributed by atoms with E-state index in [-0.39, 0.29) is 5.82 Å². The van der Waals surface area contributed by atoms with Crippen LogP contribution in [-0.4, -0.2) is 0 Å². The molecule has 0 heterocycles. The monoisotopic (exact) mass is 412 g/mol. The second-order valence-electron chi connectivity index (χ2n) is 9.31. The molecule has 0 N–H and O–H groups in total. The highest BCUT2D eigenvalue weighted by molar-refractivity contribution is 5.85. The molecule has 1 aliphatic carbocycles. The average Bonchev–Trinajstić information content (AvgIpc) is 2.79. The van der Waals surface area contributed by atoms with Crippen LogP contribution in [0.4, 0.5) is 4.39 Å². The zero-order valence-electron chi connectivity index (χ0n) is 18.9. The summed E-state index contributed by atoms with van der Waals surface area (Å²) in [6.07, 6.45) is 10.9. The molecule has 0 atom stereocenters. The van der Waals surface area contributed by atoms with Gasteiger partial charge in [-0.2, -0.15) is 0 Å². The lowest BCUT2D eigenvalue weighted by Crippen LogP contribution is -2.15. The lowest BCUT2D eigenvalue weighted by atomic mass is 9.78. The lowest BCUT2D eigenvalue weighted by molar-refractivity contribution is 0.252. The van der Waals surface area contributed by atoms with Gasteiger partial charge in [-0.1, -0.05) is 99.3 Å². The molecule has 1 aliphatic rings. The van der Waals surface area contributed by atoms with Gasteiger partial charge in [-0.15, -0.1) is 0 Å². The molecule has 0 aliphatic heterocycles. The predicted octanol–water partition coefficient (Wildman–Crippen LogP) is 8.23.